The number of hydrogen-bond donors (Lipinski definition) is 1. The van der Waals surface area contributed by atoms with E-state index in [0.717, 1.165) is 6.54 Å². The molecular formula is C11H22N2O4S. The zero-order valence-electron chi connectivity index (χ0n) is 11.2. The molecule has 0 bridgehead atoms. The lowest BCUT2D eigenvalue weighted by atomic mass is 10.2. The van der Waals surface area contributed by atoms with E-state index >= 15 is 0 Å². The minimum absolute atomic E-state index is 0.0211. The molecule has 1 amide bonds. The van der Waals surface area contributed by atoms with Gasteiger partial charge in [0, 0.05) is 31.9 Å². The van der Waals surface area contributed by atoms with Crippen molar-refractivity contribution in [3.05, 3.63) is 0 Å². The highest BCUT2D eigenvalue weighted by atomic mass is 32.2. The van der Waals surface area contributed by atoms with E-state index in [2.05, 4.69) is 5.32 Å². The van der Waals surface area contributed by atoms with Gasteiger partial charge in [-0.25, -0.2) is 8.42 Å². The van der Waals surface area contributed by atoms with Crippen molar-refractivity contribution in [2.45, 2.75) is 26.0 Å². The second kappa shape index (κ2) is 6.49. The lowest BCUT2D eigenvalue weighted by Gasteiger charge is -2.32. The number of morpholine rings is 1. The van der Waals surface area contributed by atoms with Crippen LogP contribution >= 0.6 is 0 Å². The third-order valence-corrected chi connectivity index (χ3v) is 3.99. The maximum Gasteiger partial charge on any atom is 0.253 e. The quantitative estimate of drug-likeness (QED) is 0.716. The first-order valence-electron chi connectivity index (χ1n) is 6.15. The van der Waals surface area contributed by atoms with Crippen LogP contribution in [0.25, 0.3) is 0 Å². The molecule has 0 aromatic carbocycles. The van der Waals surface area contributed by atoms with Gasteiger partial charge in [0.25, 0.3) is 5.91 Å². The average Bonchev–Trinajstić information content (AvgIpc) is 2.28. The van der Waals surface area contributed by atoms with Crippen LogP contribution in [0.4, 0.5) is 0 Å². The van der Waals surface area contributed by atoms with Crippen molar-refractivity contribution in [3.63, 3.8) is 0 Å². The maximum atomic E-state index is 12.2. The summed E-state index contributed by atoms with van der Waals surface area (Å²) in [7, 11) is -3.09. The Bertz CT molecular complexity index is 377. The molecule has 0 aromatic rings. The number of ether oxygens (including phenoxy) is 1. The monoisotopic (exact) mass is 278 g/mol. The molecule has 1 N–H and O–H groups in total. The third-order valence-electron chi connectivity index (χ3n) is 2.90. The molecule has 0 spiro atoms. The smallest absolute Gasteiger partial charge is 0.253 e. The van der Waals surface area contributed by atoms with Crippen LogP contribution in [0, 0.1) is 0 Å². The average molecular weight is 278 g/mol. The van der Waals surface area contributed by atoms with Gasteiger partial charge in [0.2, 0.25) is 0 Å². The topological polar surface area (TPSA) is 75.7 Å². The van der Waals surface area contributed by atoms with E-state index in [9.17, 15) is 13.2 Å². The van der Waals surface area contributed by atoms with Gasteiger partial charge < -0.3 is 15.0 Å². The van der Waals surface area contributed by atoms with Gasteiger partial charge in [0.05, 0.1) is 12.4 Å². The van der Waals surface area contributed by atoms with Crippen molar-refractivity contribution in [3.8, 4) is 0 Å². The van der Waals surface area contributed by atoms with Crippen molar-refractivity contribution in [1.29, 1.82) is 0 Å². The highest BCUT2D eigenvalue weighted by Gasteiger charge is 2.29. The summed E-state index contributed by atoms with van der Waals surface area (Å²) in [5.74, 6) is -0.159. The minimum Gasteiger partial charge on any atom is -0.366 e. The second-order valence-corrected chi connectivity index (χ2v) is 6.81. The summed E-state index contributed by atoms with van der Waals surface area (Å²) in [5, 5.41) is 3.09. The summed E-state index contributed by atoms with van der Waals surface area (Å²) in [6, 6.07) is -0.331. The number of hydrogen-bond acceptors (Lipinski definition) is 5. The molecular weight excluding hydrogens is 256 g/mol. The summed E-state index contributed by atoms with van der Waals surface area (Å²) >= 11 is 0. The van der Waals surface area contributed by atoms with Gasteiger partial charge in [-0.15, -0.1) is 0 Å². The Hall–Kier alpha value is -0.660. The van der Waals surface area contributed by atoms with Crippen LogP contribution < -0.4 is 5.32 Å². The molecule has 0 aromatic heterocycles. The van der Waals surface area contributed by atoms with Gasteiger partial charge in [-0.05, 0) is 13.8 Å². The molecule has 0 aliphatic carbocycles. The molecule has 1 saturated heterocycles. The fourth-order valence-electron chi connectivity index (χ4n) is 2.12. The summed E-state index contributed by atoms with van der Waals surface area (Å²) in [4.78, 5) is 13.8. The van der Waals surface area contributed by atoms with Gasteiger partial charge in [-0.1, -0.05) is 0 Å². The van der Waals surface area contributed by atoms with Crippen molar-refractivity contribution in [1.82, 2.24) is 10.2 Å². The number of rotatable bonds is 5. The van der Waals surface area contributed by atoms with Crippen LogP contribution in [-0.2, 0) is 19.4 Å². The van der Waals surface area contributed by atoms with E-state index in [0.29, 0.717) is 19.7 Å². The van der Waals surface area contributed by atoms with Crippen LogP contribution in [0.1, 0.15) is 13.8 Å². The molecule has 18 heavy (non-hydrogen) atoms. The van der Waals surface area contributed by atoms with Crippen molar-refractivity contribution < 1.29 is 17.9 Å². The standard InChI is InChI=1S/C11H22N2O4S/c1-4-13(9(2)8-18(3,15)16)11(14)10-7-12-5-6-17-10/h9-10,12H,4-8H2,1-3H3. The Labute approximate surface area is 109 Å². The van der Waals surface area contributed by atoms with Crippen LogP contribution in [0.2, 0.25) is 0 Å². The molecule has 1 heterocycles. The summed E-state index contributed by atoms with van der Waals surface area (Å²) in [5.41, 5.74) is 0. The molecule has 106 valence electrons. The predicted octanol–water partition coefficient (Wildman–Crippen LogP) is -0.744. The van der Waals surface area contributed by atoms with E-state index < -0.39 is 15.9 Å². The van der Waals surface area contributed by atoms with E-state index in [1.807, 2.05) is 6.92 Å². The zero-order chi connectivity index (χ0) is 13.8. The number of nitrogens with one attached hydrogen (secondary N) is 1. The number of nitrogens with zero attached hydrogens (tertiary/aromatic N) is 1. The van der Waals surface area contributed by atoms with Gasteiger partial charge in [-0.3, -0.25) is 4.79 Å². The molecule has 1 fully saturated rings. The SMILES string of the molecule is CCN(C(=O)C1CNCCO1)C(C)CS(C)(=O)=O. The van der Waals surface area contributed by atoms with Crippen LogP contribution in [0.15, 0.2) is 0 Å². The second-order valence-electron chi connectivity index (χ2n) is 4.63. The van der Waals surface area contributed by atoms with E-state index in [1.165, 1.54) is 6.26 Å². The van der Waals surface area contributed by atoms with Gasteiger partial charge in [0.15, 0.2) is 0 Å². The zero-order valence-corrected chi connectivity index (χ0v) is 12.0. The summed E-state index contributed by atoms with van der Waals surface area (Å²) < 4.78 is 28.0. The molecule has 1 rings (SSSR count). The summed E-state index contributed by atoms with van der Waals surface area (Å²) in [6.07, 6.45) is 0.682. The number of carbonyl (C=O) groups is 1. The van der Waals surface area contributed by atoms with Crippen molar-refractivity contribution in [2.75, 3.05) is 38.2 Å². The summed E-state index contributed by atoms with van der Waals surface area (Å²) in [6.45, 7) is 5.81. The van der Waals surface area contributed by atoms with E-state index in [1.54, 1.807) is 11.8 Å². The molecule has 0 radical (unpaired) electrons. The fraction of sp³-hybridized carbons (Fsp3) is 0.909. The number of sulfone groups is 1. The van der Waals surface area contributed by atoms with Crippen molar-refractivity contribution >= 4 is 15.7 Å². The lowest BCUT2D eigenvalue weighted by molar-refractivity contribution is -0.146. The highest BCUT2D eigenvalue weighted by Crippen LogP contribution is 2.08. The van der Waals surface area contributed by atoms with Crippen LogP contribution in [0.3, 0.4) is 0 Å². The first-order valence-corrected chi connectivity index (χ1v) is 8.21. The number of likely N-dealkylation sites (N-methyl/N-ethyl adjacent to an activating group) is 1. The molecule has 6 nitrogen and oxygen atoms in total. The fourth-order valence-corrected chi connectivity index (χ4v) is 3.18. The highest BCUT2D eigenvalue weighted by molar-refractivity contribution is 7.90. The largest absolute Gasteiger partial charge is 0.366 e. The Kier molecular flexibility index (Phi) is 5.55. The van der Waals surface area contributed by atoms with Crippen LogP contribution in [0.5, 0.6) is 0 Å². The predicted molar refractivity (Wildman–Crippen MR) is 69.2 cm³/mol. The van der Waals surface area contributed by atoms with E-state index in [-0.39, 0.29) is 17.7 Å². The van der Waals surface area contributed by atoms with Crippen molar-refractivity contribution in [2.24, 2.45) is 0 Å². The van der Waals surface area contributed by atoms with E-state index in [4.69, 9.17) is 4.74 Å². The van der Waals surface area contributed by atoms with Crippen LogP contribution in [-0.4, -0.2) is 69.6 Å². The lowest BCUT2D eigenvalue weighted by Crippen LogP contribution is -2.52. The first-order chi connectivity index (χ1) is 8.35. The first kappa shape index (κ1) is 15.4. The Morgan fingerprint density at radius 3 is 2.67 bits per heavy atom. The Morgan fingerprint density at radius 1 is 1.56 bits per heavy atom. The van der Waals surface area contributed by atoms with Gasteiger partial charge in [0.1, 0.15) is 15.9 Å². The normalized spacial score (nSPS) is 22.5. The molecule has 7 heteroatoms. The third kappa shape index (κ3) is 4.55. The minimum atomic E-state index is -3.09. The molecule has 2 unspecified atom stereocenters. The van der Waals surface area contributed by atoms with Gasteiger partial charge in [-0.2, -0.15) is 0 Å². The molecule has 0 saturated carbocycles. The number of amides is 1. The molecule has 1 aliphatic heterocycles. The molecule has 1 aliphatic rings. The maximum absolute atomic E-state index is 12.2. The Balaban J connectivity index is 2.66. The number of carbonyl (C=O) groups excluding carboxylic acids is 1. The Morgan fingerprint density at radius 2 is 2.22 bits per heavy atom. The molecule has 2 atom stereocenters. The van der Waals surface area contributed by atoms with Gasteiger partial charge >= 0.3 is 0 Å².